The van der Waals surface area contributed by atoms with E-state index in [0.29, 0.717) is 0 Å². The van der Waals surface area contributed by atoms with E-state index in [9.17, 15) is 5.11 Å². The molecule has 1 N–H and O–H groups in total. The molecule has 1 unspecified atom stereocenters. The Hall–Kier alpha value is -1.62. The summed E-state index contributed by atoms with van der Waals surface area (Å²) < 4.78 is 1.84. The Morgan fingerprint density at radius 3 is 3.06 bits per heavy atom. The number of aliphatic hydroxyl groups excluding tert-OH is 1. The molecule has 3 rings (SSSR count). The van der Waals surface area contributed by atoms with Gasteiger partial charge in [-0.15, -0.1) is 0 Å². The van der Waals surface area contributed by atoms with Crippen molar-refractivity contribution >= 4 is 16.6 Å². The van der Waals surface area contributed by atoms with Crippen LogP contribution in [0.3, 0.4) is 0 Å². The van der Waals surface area contributed by atoms with E-state index < -0.39 is 0 Å². The van der Waals surface area contributed by atoms with Gasteiger partial charge in [0, 0.05) is 19.0 Å². The predicted molar refractivity (Wildman–Crippen MR) is 70.6 cm³/mol. The van der Waals surface area contributed by atoms with Crippen LogP contribution in [0.25, 0.3) is 10.9 Å². The third kappa shape index (κ3) is 1.75. The van der Waals surface area contributed by atoms with Crippen molar-refractivity contribution in [1.82, 2.24) is 14.8 Å². The van der Waals surface area contributed by atoms with Crippen molar-refractivity contribution in [2.45, 2.75) is 25.3 Å². The van der Waals surface area contributed by atoms with Crippen LogP contribution < -0.4 is 4.90 Å². The summed E-state index contributed by atoms with van der Waals surface area (Å²) in [6.45, 7) is 1.19. The van der Waals surface area contributed by atoms with E-state index in [4.69, 9.17) is 0 Å². The molecule has 1 aliphatic rings. The number of rotatable bonds is 2. The molecule has 0 aromatic carbocycles. The first-order valence-electron chi connectivity index (χ1n) is 6.44. The molecule has 5 nitrogen and oxygen atoms in total. The maximum absolute atomic E-state index is 9.52. The summed E-state index contributed by atoms with van der Waals surface area (Å²) in [5.41, 5.74) is 2.13. The average Bonchev–Trinajstić information content (AvgIpc) is 2.81. The number of hydrogen-bond donors (Lipinski definition) is 1. The van der Waals surface area contributed by atoms with Gasteiger partial charge in [-0.05, 0) is 19.3 Å². The minimum Gasteiger partial charge on any atom is -0.394 e. The zero-order valence-electron chi connectivity index (χ0n) is 10.6. The van der Waals surface area contributed by atoms with Gasteiger partial charge in [0.2, 0.25) is 0 Å². The highest BCUT2D eigenvalue weighted by Crippen LogP contribution is 2.30. The lowest BCUT2D eigenvalue weighted by atomic mass is 10.0. The Labute approximate surface area is 106 Å². The fraction of sp³-hybridized carbons (Fsp3) is 0.538. The molecule has 0 aliphatic carbocycles. The number of nitrogens with zero attached hydrogens (tertiary/aromatic N) is 4. The Morgan fingerprint density at radius 1 is 1.33 bits per heavy atom. The number of aliphatic hydroxyl groups is 1. The summed E-state index contributed by atoms with van der Waals surface area (Å²) in [4.78, 5) is 6.58. The second-order valence-electron chi connectivity index (χ2n) is 4.89. The lowest BCUT2D eigenvalue weighted by molar-refractivity contribution is 0.240. The summed E-state index contributed by atoms with van der Waals surface area (Å²) in [6.07, 6.45) is 9.02. The van der Waals surface area contributed by atoms with E-state index in [0.717, 1.165) is 29.6 Å². The molecule has 0 saturated carbocycles. The van der Waals surface area contributed by atoms with Crippen LogP contribution in [-0.4, -0.2) is 39.1 Å². The van der Waals surface area contributed by atoms with Crippen molar-refractivity contribution in [3.8, 4) is 0 Å². The Kier molecular flexibility index (Phi) is 2.91. The maximum atomic E-state index is 9.52. The van der Waals surface area contributed by atoms with Gasteiger partial charge in [-0.25, -0.2) is 0 Å². The quantitative estimate of drug-likeness (QED) is 0.868. The van der Waals surface area contributed by atoms with Crippen molar-refractivity contribution < 1.29 is 5.11 Å². The Bertz CT molecular complexity index is 551. The number of piperidine rings is 1. The van der Waals surface area contributed by atoms with Crippen LogP contribution in [0.1, 0.15) is 19.3 Å². The van der Waals surface area contributed by atoms with E-state index in [1.807, 2.05) is 30.3 Å². The molecule has 1 saturated heterocycles. The highest BCUT2D eigenvalue weighted by molar-refractivity contribution is 5.91. The van der Waals surface area contributed by atoms with Gasteiger partial charge in [0.1, 0.15) is 0 Å². The van der Waals surface area contributed by atoms with Crippen LogP contribution >= 0.6 is 0 Å². The molecule has 0 bridgehead atoms. The van der Waals surface area contributed by atoms with Crippen molar-refractivity contribution in [1.29, 1.82) is 0 Å². The summed E-state index contributed by atoms with van der Waals surface area (Å²) in [5.74, 6) is 0. The molecule has 1 aliphatic heterocycles. The number of pyridine rings is 1. The molecule has 2 aromatic rings. The SMILES string of the molecule is Cn1ncc2c(N3CCCCC3CO)cncc21. The standard InChI is InChI=1S/C13H18N4O/c1-16-12-7-14-8-13(11(12)6-15-16)17-5-3-2-4-10(17)9-18/h6-8,10,18H,2-5,9H2,1H3. The average molecular weight is 246 g/mol. The summed E-state index contributed by atoms with van der Waals surface area (Å²) in [6, 6.07) is 0.214. The highest BCUT2D eigenvalue weighted by Gasteiger charge is 2.24. The fourth-order valence-corrected chi connectivity index (χ4v) is 2.78. The Morgan fingerprint density at radius 2 is 2.22 bits per heavy atom. The first-order chi connectivity index (χ1) is 8.81. The molecule has 2 aromatic heterocycles. The molecule has 18 heavy (non-hydrogen) atoms. The maximum Gasteiger partial charge on any atom is 0.0883 e. The monoisotopic (exact) mass is 246 g/mol. The van der Waals surface area contributed by atoms with Crippen molar-refractivity contribution in [3.05, 3.63) is 18.6 Å². The number of aryl methyl sites for hydroxylation is 1. The number of fused-ring (bicyclic) bond motifs is 1. The van der Waals surface area contributed by atoms with Gasteiger partial charge in [-0.3, -0.25) is 9.67 Å². The number of anilines is 1. The van der Waals surface area contributed by atoms with Gasteiger partial charge in [-0.1, -0.05) is 0 Å². The van der Waals surface area contributed by atoms with Crippen LogP contribution in [-0.2, 0) is 7.05 Å². The normalized spacial score (nSPS) is 20.6. The summed E-state index contributed by atoms with van der Waals surface area (Å²) in [5, 5.41) is 14.9. The zero-order chi connectivity index (χ0) is 12.5. The zero-order valence-corrected chi connectivity index (χ0v) is 10.6. The highest BCUT2D eigenvalue weighted by atomic mass is 16.3. The molecule has 1 fully saturated rings. The van der Waals surface area contributed by atoms with Gasteiger partial charge in [0.25, 0.3) is 0 Å². The molecular formula is C13H18N4O. The van der Waals surface area contributed by atoms with Crippen LogP contribution in [0.2, 0.25) is 0 Å². The molecule has 0 radical (unpaired) electrons. The third-order valence-electron chi connectivity index (χ3n) is 3.80. The van der Waals surface area contributed by atoms with Gasteiger partial charge in [0.05, 0.1) is 42.4 Å². The molecule has 0 amide bonds. The number of aromatic nitrogens is 3. The van der Waals surface area contributed by atoms with Crippen LogP contribution in [0.4, 0.5) is 5.69 Å². The number of hydrogen-bond acceptors (Lipinski definition) is 4. The molecule has 96 valence electrons. The van der Waals surface area contributed by atoms with Crippen molar-refractivity contribution in [2.24, 2.45) is 7.05 Å². The van der Waals surface area contributed by atoms with E-state index in [1.165, 1.54) is 12.8 Å². The van der Waals surface area contributed by atoms with Gasteiger partial charge in [-0.2, -0.15) is 5.10 Å². The second-order valence-corrected chi connectivity index (χ2v) is 4.89. The minimum absolute atomic E-state index is 0.205. The van der Waals surface area contributed by atoms with E-state index in [1.54, 1.807) is 0 Å². The first-order valence-corrected chi connectivity index (χ1v) is 6.44. The fourth-order valence-electron chi connectivity index (χ4n) is 2.78. The Balaban J connectivity index is 2.07. The lowest BCUT2D eigenvalue weighted by Crippen LogP contribution is -2.42. The summed E-state index contributed by atoms with van der Waals surface area (Å²) >= 11 is 0. The van der Waals surface area contributed by atoms with E-state index in [2.05, 4.69) is 15.0 Å². The molecule has 5 heteroatoms. The molecular weight excluding hydrogens is 228 g/mol. The smallest absolute Gasteiger partial charge is 0.0883 e. The van der Waals surface area contributed by atoms with Gasteiger partial charge in [0.15, 0.2) is 0 Å². The topological polar surface area (TPSA) is 54.2 Å². The van der Waals surface area contributed by atoms with Gasteiger partial charge < -0.3 is 10.0 Å². The van der Waals surface area contributed by atoms with Crippen molar-refractivity contribution in [2.75, 3.05) is 18.1 Å². The van der Waals surface area contributed by atoms with Crippen LogP contribution in [0.5, 0.6) is 0 Å². The van der Waals surface area contributed by atoms with Crippen molar-refractivity contribution in [3.63, 3.8) is 0 Å². The third-order valence-corrected chi connectivity index (χ3v) is 3.80. The lowest BCUT2D eigenvalue weighted by Gasteiger charge is -2.36. The minimum atomic E-state index is 0.205. The van der Waals surface area contributed by atoms with Crippen LogP contribution in [0.15, 0.2) is 18.6 Å². The largest absolute Gasteiger partial charge is 0.394 e. The van der Waals surface area contributed by atoms with E-state index >= 15 is 0 Å². The molecule has 3 heterocycles. The second kappa shape index (κ2) is 4.57. The van der Waals surface area contributed by atoms with E-state index in [-0.39, 0.29) is 12.6 Å². The predicted octanol–water partition coefficient (Wildman–Crippen LogP) is 1.32. The summed E-state index contributed by atoms with van der Waals surface area (Å²) in [7, 11) is 1.92. The van der Waals surface area contributed by atoms with Gasteiger partial charge >= 0.3 is 0 Å². The first kappa shape index (κ1) is 11.5. The molecule has 0 spiro atoms. The molecule has 1 atom stereocenters. The van der Waals surface area contributed by atoms with Crippen LogP contribution in [0, 0.1) is 0 Å².